The van der Waals surface area contributed by atoms with Crippen LogP contribution in [0.3, 0.4) is 0 Å². The van der Waals surface area contributed by atoms with Crippen LogP contribution in [0, 0.1) is 0 Å². The Bertz CT molecular complexity index is 803. The zero-order valence-corrected chi connectivity index (χ0v) is 17.0. The number of hydrogen-bond donors (Lipinski definition) is 1. The lowest BCUT2D eigenvalue weighted by Crippen LogP contribution is -2.41. The fourth-order valence-electron chi connectivity index (χ4n) is 3.96. The van der Waals surface area contributed by atoms with Crippen molar-refractivity contribution in [3.63, 3.8) is 0 Å². The van der Waals surface area contributed by atoms with E-state index >= 15 is 0 Å². The molecule has 1 saturated carbocycles. The summed E-state index contributed by atoms with van der Waals surface area (Å²) < 4.78 is 0. The Balaban J connectivity index is 1.78. The van der Waals surface area contributed by atoms with E-state index < -0.39 is 6.04 Å². The summed E-state index contributed by atoms with van der Waals surface area (Å²) in [7, 11) is 0. The number of carbonyl (C=O) groups excluding carboxylic acids is 2. The summed E-state index contributed by atoms with van der Waals surface area (Å²) in [6, 6.07) is 16.5. The highest BCUT2D eigenvalue weighted by molar-refractivity contribution is 6.33. The van der Waals surface area contributed by atoms with Crippen molar-refractivity contribution in [2.24, 2.45) is 0 Å². The summed E-state index contributed by atoms with van der Waals surface area (Å²) >= 11 is 6.18. The van der Waals surface area contributed by atoms with Crippen molar-refractivity contribution >= 4 is 23.4 Å². The molecule has 148 valence electrons. The fraction of sp³-hybridized carbons (Fsp3) is 0.391. The molecule has 2 aromatic rings. The van der Waals surface area contributed by atoms with Gasteiger partial charge in [-0.25, -0.2) is 0 Å². The lowest BCUT2D eigenvalue weighted by molar-refractivity contribution is -0.133. The molecule has 3 rings (SSSR count). The van der Waals surface area contributed by atoms with Crippen LogP contribution in [0.4, 0.5) is 0 Å². The van der Waals surface area contributed by atoms with Crippen LogP contribution in [-0.4, -0.2) is 29.3 Å². The molecule has 4 nitrogen and oxygen atoms in total. The number of hydrogen-bond acceptors (Lipinski definition) is 2. The highest BCUT2D eigenvalue weighted by Gasteiger charge is 2.28. The summed E-state index contributed by atoms with van der Waals surface area (Å²) in [5.74, 6) is -0.182. The maximum atomic E-state index is 13.1. The zero-order chi connectivity index (χ0) is 19.9. The summed E-state index contributed by atoms with van der Waals surface area (Å²) in [6.07, 6.45) is 4.74. The second kappa shape index (κ2) is 9.74. The standard InChI is InChI=1S/C23H27ClN2O2/c1-2-26(18-12-6-7-13-18)22(27)16-21(17-10-4-3-5-11-17)25-23(28)19-14-8-9-15-20(19)24/h3-5,8-11,14-15,18,21H,2,6-7,12-13,16H2,1H3,(H,25,28). The third-order valence-corrected chi connectivity index (χ3v) is 5.76. The van der Waals surface area contributed by atoms with Gasteiger partial charge in [-0.3, -0.25) is 9.59 Å². The Kier molecular flexibility index (Phi) is 7.10. The van der Waals surface area contributed by atoms with Crippen LogP contribution >= 0.6 is 11.6 Å². The van der Waals surface area contributed by atoms with Crippen LogP contribution < -0.4 is 5.32 Å². The molecule has 2 aromatic carbocycles. The molecule has 0 saturated heterocycles. The Morgan fingerprint density at radius 3 is 2.36 bits per heavy atom. The number of amides is 2. The largest absolute Gasteiger partial charge is 0.345 e. The first-order chi connectivity index (χ1) is 13.6. The van der Waals surface area contributed by atoms with Gasteiger partial charge in [0.15, 0.2) is 0 Å². The van der Waals surface area contributed by atoms with Crippen molar-refractivity contribution < 1.29 is 9.59 Å². The van der Waals surface area contributed by atoms with E-state index in [1.54, 1.807) is 24.3 Å². The number of carbonyl (C=O) groups is 2. The number of rotatable bonds is 7. The van der Waals surface area contributed by atoms with Gasteiger partial charge in [-0.05, 0) is 37.5 Å². The first-order valence-corrected chi connectivity index (χ1v) is 10.4. The van der Waals surface area contributed by atoms with Gasteiger partial charge in [0.05, 0.1) is 23.0 Å². The number of nitrogens with one attached hydrogen (secondary N) is 1. The SMILES string of the molecule is CCN(C(=O)CC(NC(=O)c1ccccc1Cl)c1ccccc1)C1CCCC1. The summed E-state index contributed by atoms with van der Waals surface area (Å²) in [4.78, 5) is 27.9. The Morgan fingerprint density at radius 1 is 1.07 bits per heavy atom. The Morgan fingerprint density at radius 2 is 1.71 bits per heavy atom. The topological polar surface area (TPSA) is 49.4 Å². The normalized spacial score (nSPS) is 15.2. The van der Waals surface area contributed by atoms with Gasteiger partial charge in [0, 0.05) is 12.6 Å². The van der Waals surface area contributed by atoms with Crippen LogP contribution in [-0.2, 0) is 4.79 Å². The van der Waals surface area contributed by atoms with Gasteiger partial charge in [0.1, 0.15) is 0 Å². The molecular weight excluding hydrogens is 372 g/mol. The van der Waals surface area contributed by atoms with E-state index in [1.165, 1.54) is 12.8 Å². The van der Waals surface area contributed by atoms with E-state index in [1.807, 2.05) is 42.2 Å². The second-order valence-electron chi connectivity index (χ2n) is 7.24. The van der Waals surface area contributed by atoms with Crippen molar-refractivity contribution in [2.75, 3.05) is 6.54 Å². The van der Waals surface area contributed by atoms with Crippen LogP contribution in [0.15, 0.2) is 54.6 Å². The second-order valence-corrected chi connectivity index (χ2v) is 7.65. The molecule has 1 fully saturated rings. The third-order valence-electron chi connectivity index (χ3n) is 5.43. The van der Waals surface area contributed by atoms with Gasteiger partial charge in [-0.1, -0.05) is 66.9 Å². The quantitative estimate of drug-likeness (QED) is 0.714. The maximum Gasteiger partial charge on any atom is 0.253 e. The number of benzene rings is 2. The number of nitrogens with zero attached hydrogens (tertiary/aromatic N) is 1. The molecule has 1 unspecified atom stereocenters. The van der Waals surface area contributed by atoms with Crippen molar-refractivity contribution in [1.82, 2.24) is 10.2 Å². The molecule has 0 aromatic heterocycles. The van der Waals surface area contributed by atoms with Crippen molar-refractivity contribution in [1.29, 1.82) is 0 Å². The van der Waals surface area contributed by atoms with Gasteiger partial charge in [-0.2, -0.15) is 0 Å². The predicted octanol–water partition coefficient (Wildman–Crippen LogP) is 4.99. The fourth-order valence-corrected chi connectivity index (χ4v) is 4.19. The lowest BCUT2D eigenvalue weighted by Gasteiger charge is -2.30. The van der Waals surface area contributed by atoms with Gasteiger partial charge in [-0.15, -0.1) is 0 Å². The molecule has 0 spiro atoms. The highest BCUT2D eigenvalue weighted by atomic mass is 35.5. The van der Waals surface area contributed by atoms with Gasteiger partial charge >= 0.3 is 0 Å². The van der Waals surface area contributed by atoms with Crippen molar-refractivity contribution in [3.05, 3.63) is 70.7 Å². The first kappa shape index (κ1) is 20.4. The molecule has 0 heterocycles. The number of halogens is 1. The average molecular weight is 399 g/mol. The lowest BCUT2D eigenvalue weighted by atomic mass is 10.0. The van der Waals surface area contributed by atoms with Gasteiger partial charge in [0.25, 0.3) is 5.91 Å². The molecule has 2 amide bonds. The molecule has 0 radical (unpaired) electrons. The van der Waals surface area contributed by atoms with E-state index in [0.29, 0.717) is 23.2 Å². The van der Waals surface area contributed by atoms with E-state index in [9.17, 15) is 9.59 Å². The van der Waals surface area contributed by atoms with Crippen LogP contribution in [0.1, 0.15) is 61.0 Å². The molecule has 5 heteroatoms. The van der Waals surface area contributed by atoms with E-state index in [4.69, 9.17) is 11.6 Å². The maximum absolute atomic E-state index is 13.1. The van der Waals surface area contributed by atoms with Crippen LogP contribution in [0.2, 0.25) is 5.02 Å². The molecule has 0 aliphatic heterocycles. The molecule has 1 aliphatic rings. The predicted molar refractivity (Wildman–Crippen MR) is 112 cm³/mol. The van der Waals surface area contributed by atoms with E-state index in [0.717, 1.165) is 18.4 Å². The van der Waals surface area contributed by atoms with Crippen LogP contribution in [0.5, 0.6) is 0 Å². The molecular formula is C23H27ClN2O2. The minimum atomic E-state index is -0.395. The van der Waals surface area contributed by atoms with Gasteiger partial charge in [0.2, 0.25) is 5.91 Å². The van der Waals surface area contributed by atoms with Crippen LogP contribution in [0.25, 0.3) is 0 Å². The summed E-state index contributed by atoms with van der Waals surface area (Å²) in [6.45, 7) is 2.72. The third kappa shape index (κ3) is 4.93. The summed E-state index contributed by atoms with van der Waals surface area (Å²) in [5, 5.41) is 3.42. The molecule has 1 aliphatic carbocycles. The molecule has 28 heavy (non-hydrogen) atoms. The highest BCUT2D eigenvalue weighted by Crippen LogP contribution is 2.26. The smallest absolute Gasteiger partial charge is 0.253 e. The first-order valence-electron chi connectivity index (χ1n) is 10.00. The minimum Gasteiger partial charge on any atom is -0.345 e. The average Bonchev–Trinajstić information content (AvgIpc) is 3.23. The van der Waals surface area contributed by atoms with E-state index in [-0.39, 0.29) is 18.2 Å². The minimum absolute atomic E-state index is 0.0858. The van der Waals surface area contributed by atoms with Crippen molar-refractivity contribution in [2.45, 2.75) is 51.1 Å². The van der Waals surface area contributed by atoms with Crippen molar-refractivity contribution in [3.8, 4) is 0 Å². The van der Waals surface area contributed by atoms with E-state index in [2.05, 4.69) is 5.32 Å². The summed E-state index contributed by atoms with van der Waals surface area (Å²) in [5.41, 5.74) is 1.33. The zero-order valence-electron chi connectivity index (χ0n) is 16.2. The Labute approximate surface area is 171 Å². The molecule has 1 atom stereocenters. The monoisotopic (exact) mass is 398 g/mol. The molecule has 1 N–H and O–H groups in total. The van der Waals surface area contributed by atoms with Gasteiger partial charge < -0.3 is 10.2 Å². The Hall–Kier alpha value is -2.33. The molecule has 0 bridgehead atoms.